The van der Waals surface area contributed by atoms with Crippen LogP contribution in [0.4, 0.5) is 4.39 Å². The summed E-state index contributed by atoms with van der Waals surface area (Å²) in [6.07, 6.45) is 7.22. The highest BCUT2D eigenvalue weighted by Crippen LogP contribution is 2.23. The smallest absolute Gasteiger partial charge is 0.159 e. The number of halogens is 1. The van der Waals surface area contributed by atoms with Crippen LogP contribution in [0.3, 0.4) is 0 Å². The molecule has 3 heterocycles. The van der Waals surface area contributed by atoms with Crippen LogP contribution in [0.2, 0.25) is 0 Å². The van der Waals surface area contributed by atoms with Crippen molar-refractivity contribution in [2.24, 2.45) is 5.92 Å². The van der Waals surface area contributed by atoms with E-state index in [2.05, 4.69) is 26.4 Å². The Hall–Kier alpha value is -3.02. The third kappa shape index (κ3) is 3.10. The minimum atomic E-state index is -0.250. The van der Waals surface area contributed by atoms with E-state index in [-0.39, 0.29) is 5.82 Å². The summed E-state index contributed by atoms with van der Waals surface area (Å²) in [5.74, 6) is 0.711. The van der Waals surface area contributed by atoms with Gasteiger partial charge in [-0.3, -0.25) is 0 Å². The number of pyridine rings is 1. The topological polar surface area (TPSA) is 48.5 Å². The lowest BCUT2D eigenvalue weighted by molar-refractivity contribution is 0.422. The summed E-state index contributed by atoms with van der Waals surface area (Å²) in [6, 6.07) is 8.95. The molecule has 0 radical (unpaired) electrons. The Morgan fingerprint density at radius 2 is 1.88 bits per heavy atom. The van der Waals surface area contributed by atoms with Gasteiger partial charge in [0.25, 0.3) is 0 Å². The number of nitrogens with zero attached hydrogens (tertiary/aromatic N) is 5. The van der Waals surface area contributed by atoms with Crippen molar-refractivity contribution in [3.63, 3.8) is 0 Å². The van der Waals surface area contributed by atoms with Crippen LogP contribution >= 0.6 is 0 Å². The maximum Gasteiger partial charge on any atom is 0.159 e. The lowest BCUT2D eigenvalue weighted by atomic mass is 10.1. The van der Waals surface area contributed by atoms with Gasteiger partial charge in [0.15, 0.2) is 5.65 Å². The average Bonchev–Trinajstić information content (AvgIpc) is 3.24. The summed E-state index contributed by atoms with van der Waals surface area (Å²) in [4.78, 5) is 13.2. The molecular weight excluding hydrogens is 329 g/mol. The van der Waals surface area contributed by atoms with Crippen molar-refractivity contribution >= 4 is 11.2 Å². The van der Waals surface area contributed by atoms with Crippen LogP contribution in [0.5, 0.6) is 0 Å². The van der Waals surface area contributed by atoms with E-state index in [1.54, 1.807) is 18.5 Å². The number of hydrogen-bond donors (Lipinski definition) is 0. The summed E-state index contributed by atoms with van der Waals surface area (Å²) in [6.45, 7) is 5.62. The van der Waals surface area contributed by atoms with Crippen molar-refractivity contribution in [1.29, 1.82) is 0 Å². The molecule has 26 heavy (non-hydrogen) atoms. The molecule has 0 aliphatic rings. The highest BCUT2D eigenvalue weighted by atomic mass is 19.1. The molecule has 1 atom stereocenters. The summed E-state index contributed by atoms with van der Waals surface area (Å²) in [5.41, 5.74) is 3.33. The molecule has 0 amide bonds. The number of imidazole rings is 2. The van der Waals surface area contributed by atoms with Gasteiger partial charge in [0.2, 0.25) is 0 Å². The van der Waals surface area contributed by atoms with Crippen LogP contribution < -0.4 is 0 Å². The molecule has 0 N–H and O–H groups in total. The highest BCUT2D eigenvalue weighted by Gasteiger charge is 2.14. The van der Waals surface area contributed by atoms with E-state index >= 15 is 0 Å². The molecule has 132 valence electrons. The third-order valence-corrected chi connectivity index (χ3v) is 4.47. The minimum Gasteiger partial charge on any atom is -0.331 e. The molecule has 0 fully saturated rings. The first-order chi connectivity index (χ1) is 12.6. The molecule has 4 aromatic rings. The van der Waals surface area contributed by atoms with Crippen LogP contribution in [0.25, 0.3) is 22.6 Å². The number of rotatable bonds is 5. The summed E-state index contributed by atoms with van der Waals surface area (Å²) < 4.78 is 18.3. The summed E-state index contributed by atoms with van der Waals surface area (Å²) in [7, 11) is 0. The Bertz CT molecular complexity index is 1050. The van der Waals surface area contributed by atoms with Gasteiger partial charge in [-0.25, -0.2) is 19.3 Å². The van der Waals surface area contributed by atoms with Crippen molar-refractivity contribution in [1.82, 2.24) is 24.1 Å². The van der Waals surface area contributed by atoms with Crippen molar-refractivity contribution in [2.45, 2.75) is 26.9 Å². The van der Waals surface area contributed by atoms with Gasteiger partial charge in [-0.05, 0) is 37.1 Å². The predicted molar refractivity (Wildman–Crippen MR) is 99.1 cm³/mol. The maximum absolute atomic E-state index is 14.3. The van der Waals surface area contributed by atoms with E-state index < -0.39 is 0 Å². The zero-order valence-corrected chi connectivity index (χ0v) is 14.8. The van der Waals surface area contributed by atoms with Crippen LogP contribution in [0.15, 0.2) is 55.2 Å². The first-order valence-electron chi connectivity index (χ1n) is 8.65. The van der Waals surface area contributed by atoms with Crippen LogP contribution in [-0.2, 0) is 13.1 Å². The van der Waals surface area contributed by atoms with Gasteiger partial charge < -0.3 is 9.13 Å². The Morgan fingerprint density at radius 3 is 2.77 bits per heavy atom. The summed E-state index contributed by atoms with van der Waals surface area (Å²) in [5, 5.41) is 0. The van der Waals surface area contributed by atoms with Crippen molar-refractivity contribution < 1.29 is 4.39 Å². The second-order valence-electron chi connectivity index (χ2n) is 6.73. The molecular formula is C20H20FN5. The zero-order valence-electron chi connectivity index (χ0n) is 14.8. The fourth-order valence-electron chi connectivity index (χ4n) is 3.27. The fraction of sp³-hybridized carbons (Fsp3) is 0.250. The van der Waals surface area contributed by atoms with Crippen LogP contribution in [0.1, 0.15) is 12.5 Å². The summed E-state index contributed by atoms with van der Waals surface area (Å²) >= 11 is 0. The molecule has 0 saturated heterocycles. The SMILES string of the molecule is Cc1ccc(F)c(-c2nccn2CC(C)Cn2cnc3cccnc32)c1. The Balaban J connectivity index is 1.56. The lowest BCUT2D eigenvalue weighted by Gasteiger charge is -2.16. The van der Waals surface area contributed by atoms with E-state index in [1.807, 2.05) is 42.2 Å². The number of aromatic nitrogens is 5. The fourth-order valence-corrected chi connectivity index (χ4v) is 3.27. The van der Waals surface area contributed by atoms with Crippen molar-refractivity contribution in [2.75, 3.05) is 0 Å². The quantitative estimate of drug-likeness (QED) is 0.545. The molecule has 6 heteroatoms. The Morgan fingerprint density at radius 1 is 1.04 bits per heavy atom. The third-order valence-electron chi connectivity index (χ3n) is 4.47. The van der Waals surface area contributed by atoms with Gasteiger partial charge in [0.05, 0.1) is 11.9 Å². The molecule has 0 bridgehead atoms. The number of fused-ring (bicyclic) bond motifs is 1. The monoisotopic (exact) mass is 349 g/mol. The first kappa shape index (κ1) is 16.4. The normalized spacial score (nSPS) is 12.6. The Kier molecular flexibility index (Phi) is 4.24. The van der Waals surface area contributed by atoms with Crippen molar-refractivity contribution in [3.05, 3.63) is 66.6 Å². The molecule has 4 rings (SSSR count). The number of benzene rings is 1. The minimum absolute atomic E-state index is 0.250. The van der Waals surface area contributed by atoms with Gasteiger partial charge in [-0.15, -0.1) is 0 Å². The molecule has 1 aromatic carbocycles. The molecule has 1 unspecified atom stereocenters. The van der Waals surface area contributed by atoms with Gasteiger partial charge in [0, 0.05) is 31.7 Å². The number of hydrogen-bond acceptors (Lipinski definition) is 3. The maximum atomic E-state index is 14.3. The van der Waals surface area contributed by atoms with E-state index in [9.17, 15) is 4.39 Å². The van der Waals surface area contributed by atoms with E-state index in [0.717, 1.165) is 29.8 Å². The standard InChI is InChI=1S/C20H20FN5/c1-14-5-6-17(21)16(10-14)19-23-8-9-25(19)11-15(2)12-26-13-24-18-4-3-7-22-20(18)26/h3-10,13,15H,11-12H2,1-2H3. The zero-order chi connectivity index (χ0) is 18.1. The molecule has 0 aliphatic carbocycles. The molecule has 5 nitrogen and oxygen atoms in total. The van der Waals surface area contributed by atoms with Gasteiger partial charge in [-0.2, -0.15) is 0 Å². The highest BCUT2D eigenvalue weighted by molar-refractivity contribution is 5.69. The molecule has 3 aromatic heterocycles. The van der Waals surface area contributed by atoms with Crippen LogP contribution in [-0.4, -0.2) is 24.1 Å². The second-order valence-corrected chi connectivity index (χ2v) is 6.73. The van der Waals surface area contributed by atoms with Crippen LogP contribution in [0, 0.1) is 18.7 Å². The van der Waals surface area contributed by atoms with Gasteiger partial charge in [0.1, 0.15) is 17.2 Å². The second kappa shape index (κ2) is 6.71. The molecule has 0 aliphatic heterocycles. The van der Waals surface area contributed by atoms with Crippen molar-refractivity contribution in [3.8, 4) is 11.4 Å². The predicted octanol–water partition coefficient (Wildman–Crippen LogP) is 4.08. The average molecular weight is 349 g/mol. The van der Waals surface area contributed by atoms with E-state index in [4.69, 9.17) is 0 Å². The Labute approximate surface area is 151 Å². The lowest BCUT2D eigenvalue weighted by Crippen LogP contribution is -2.14. The molecule has 0 spiro atoms. The largest absolute Gasteiger partial charge is 0.331 e. The van der Waals surface area contributed by atoms with E-state index in [0.29, 0.717) is 17.3 Å². The number of aryl methyl sites for hydroxylation is 1. The van der Waals surface area contributed by atoms with Gasteiger partial charge in [-0.1, -0.05) is 18.6 Å². The first-order valence-corrected chi connectivity index (χ1v) is 8.65. The van der Waals surface area contributed by atoms with E-state index in [1.165, 1.54) is 6.07 Å². The van der Waals surface area contributed by atoms with Gasteiger partial charge >= 0.3 is 0 Å². The molecule has 0 saturated carbocycles.